The molecule has 1 aliphatic carbocycles. The zero-order valence-corrected chi connectivity index (χ0v) is 13.2. The van der Waals surface area contributed by atoms with Crippen LogP contribution >= 0.6 is 0 Å². The molecule has 0 amide bonds. The number of rotatable bonds is 4. The maximum atomic E-state index is 5.83. The highest BCUT2D eigenvalue weighted by Crippen LogP contribution is 2.38. The van der Waals surface area contributed by atoms with Crippen molar-refractivity contribution in [2.75, 3.05) is 26.2 Å². The molecule has 0 spiro atoms. The Morgan fingerprint density at radius 3 is 2.79 bits per heavy atom. The van der Waals surface area contributed by atoms with Gasteiger partial charge in [-0.2, -0.15) is 0 Å². The monoisotopic (exact) mass is 268 g/mol. The second-order valence-corrected chi connectivity index (χ2v) is 6.88. The maximum Gasteiger partial charge on any atom is 0.0700 e. The van der Waals surface area contributed by atoms with E-state index in [-0.39, 0.29) is 0 Å². The van der Waals surface area contributed by atoms with E-state index < -0.39 is 0 Å². The minimum atomic E-state index is 0.416. The van der Waals surface area contributed by atoms with E-state index in [9.17, 15) is 0 Å². The Labute approximate surface area is 119 Å². The molecule has 0 aromatic carbocycles. The van der Waals surface area contributed by atoms with Gasteiger partial charge in [-0.15, -0.1) is 0 Å². The summed E-state index contributed by atoms with van der Waals surface area (Å²) in [5.74, 6) is 0. The number of nitrogens with zero attached hydrogens (tertiary/aromatic N) is 1. The van der Waals surface area contributed by atoms with Gasteiger partial charge in [0.2, 0.25) is 0 Å². The van der Waals surface area contributed by atoms with Crippen molar-refractivity contribution in [3.05, 3.63) is 0 Å². The highest BCUT2D eigenvalue weighted by molar-refractivity contribution is 4.98. The Hall–Kier alpha value is -0.120. The Morgan fingerprint density at radius 1 is 1.32 bits per heavy atom. The van der Waals surface area contributed by atoms with Crippen molar-refractivity contribution in [3.8, 4) is 0 Å². The topological polar surface area (TPSA) is 24.5 Å². The summed E-state index contributed by atoms with van der Waals surface area (Å²) in [6.07, 6.45) is 5.65. The summed E-state index contributed by atoms with van der Waals surface area (Å²) in [5.41, 5.74) is 0.416. The Kier molecular flexibility index (Phi) is 5.27. The standard InChI is InChI=1S/C16H32N2O/c1-5-13-12-18(10-11-19-13)14-8-7-9-16(3,4)15(14)17-6-2/h13-15,17H,5-12H2,1-4H3. The minimum absolute atomic E-state index is 0.416. The van der Waals surface area contributed by atoms with Crippen molar-refractivity contribution < 1.29 is 4.74 Å². The van der Waals surface area contributed by atoms with Crippen LogP contribution in [0.4, 0.5) is 0 Å². The number of hydrogen-bond acceptors (Lipinski definition) is 3. The van der Waals surface area contributed by atoms with Gasteiger partial charge in [0.1, 0.15) is 0 Å². The van der Waals surface area contributed by atoms with Crippen LogP contribution in [0, 0.1) is 5.41 Å². The van der Waals surface area contributed by atoms with Gasteiger partial charge in [-0.3, -0.25) is 4.90 Å². The van der Waals surface area contributed by atoms with E-state index in [1.807, 2.05) is 0 Å². The van der Waals surface area contributed by atoms with Crippen LogP contribution in [0.15, 0.2) is 0 Å². The van der Waals surface area contributed by atoms with Crippen LogP contribution in [0.2, 0.25) is 0 Å². The van der Waals surface area contributed by atoms with E-state index in [1.165, 1.54) is 19.3 Å². The van der Waals surface area contributed by atoms with Gasteiger partial charge in [-0.25, -0.2) is 0 Å². The van der Waals surface area contributed by atoms with Crippen molar-refractivity contribution in [2.45, 2.75) is 71.6 Å². The molecule has 0 radical (unpaired) electrons. The average molecular weight is 268 g/mol. The predicted molar refractivity (Wildman–Crippen MR) is 80.5 cm³/mol. The number of ether oxygens (including phenoxy) is 1. The fourth-order valence-corrected chi connectivity index (χ4v) is 3.93. The molecule has 1 heterocycles. The van der Waals surface area contributed by atoms with Gasteiger partial charge in [0.05, 0.1) is 12.7 Å². The lowest BCUT2D eigenvalue weighted by Gasteiger charge is -2.50. The van der Waals surface area contributed by atoms with Gasteiger partial charge < -0.3 is 10.1 Å². The Morgan fingerprint density at radius 2 is 2.11 bits per heavy atom. The first-order chi connectivity index (χ1) is 9.08. The lowest BCUT2D eigenvalue weighted by molar-refractivity contribution is -0.0656. The molecule has 3 unspecified atom stereocenters. The Bertz CT molecular complexity index is 280. The summed E-state index contributed by atoms with van der Waals surface area (Å²) in [6.45, 7) is 13.6. The van der Waals surface area contributed by atoms with E-state index in [0.29, 0.717) is 23.6 Å². The average Bonchev–Trinajstić information content (AvgIpc) is 2.41. The van der Waals surface area contributed by atoms with Gasteiger partial charge in [0.25, 0.3) is 0 Å². The molecule has 1 N–H and O–H groups in total. The fourth-order valence-electron chi connectivity index (χ4n) is 3.93. The first-order valence-electron chi connectivity index (χ1n) is 8.17. The first kappa shape index (κ1) is 15.3. The molecular formula is C16H32N2O. The van der Waals surface area contributed by atoms with Crippen molar-refractivity contribution in [1.29, 1.82) is 0 Å². The van der Waals surface area contributed by atoms with Gasteiger partial charge >= 0.3 is 0 Å². The molecule has 3 atom stereocenters. The largest absolute Gasteiger partial charge is 0.376 e. The SMILES string of the molecule is CCNC1C(N2CCOC(CC)C2)CCCC1(C)C. The highest BCUT2D eigenvalue weighted by Gasteiger charge is 2.41. The zero-order chi connectivity index (χ0) is 13.9. The number of nitrogens with one attached hydrogen (secondary N) is 1. The van der Waals surface area contributed by atoms with Crippen LogP contribution in [0.3, 0.4) is 0 Å². The third-order valence-electron chi connectivity index (χ3n) is 5.07. The predicted octanol–water partition coefficient (Wildman–Crippen LogP) is 2.65. The van der Waals surface area contributed by atoms with E-state index in [4.69, 9.17) is 4.74 Å². The molecule has 2 fully saturated rings. The maximum absolute atomic E-state index is 5.83. The lowest BCUT2D eigenvalue weighted by Crippen LogP contribution is -2.61. The molecule has 3 heteroatoms. The smallest absolute Gasteiger partial charge is 0.0700 e. The van der Waals surface area contributed by atoms with Crippen LogP contribution in [0.5, 0.6) is 0 Å². The number of likely N-dealkylation sites (N-methyl/N-ethyl adjacent to an activating group) is 1. The minimum Gasteiger partial charge on any atom is -0.376 e. The third-order valence-corrected chi connectivity index (χ3v) is 5.07. The molecule has 19 heavy (non-hydrogen) atoms. The Balaban J connectivity index is 2.07. The summed E-state index contributed by atoms with van der Waals surface area (Å²) in [5, 5.41) is 3.77. The summed E-state index contributed by atoms with van der Waals surface area (Å²) in [6, 6.07) is 1.32. The number of morpholine rings is 1. The molecule has 1 aliphatic heterocycles. The lowest BCUT2D eigenvalue weighted by atomic mass is 9.70. The zero-order valence-electron chi connectivity index (χ0n) is 13.2. The second-order valence-electron chi connectivity index (χ2n) is 6.88. The summed E-state index contributed by atoms with van der Waals surface area (Å²) in [4.78, 5) is 2.70. The van der Waals surface area contributed by atoms with Crippen LogP contribution in [0.1, 0.15) is 53.4 Å². The van der Waals surface area contributed by atoms with Crippen molar-refractivity contribution in [2.24, 2.45) is 5.41 Å². The van der Waals surface area contributed by atoms with Crippen LogP contribution in [0.25, 0.3) is 0 Å². The van der Waals surface area contributed by atoms with E-state index in [0.717, 1.165) is 32.7 Å². The normalized spacial score (nSPS) is 36.3. The second kappa shape index (κ2) is 6.55. The van der Waals surface area contributed by atoms with Crippen LogP contribution < -0.4 is 5.32 Å². The van der Waals surface area contributed by atoms with Gasteiger partial charge in [0, 0.05) is 25.2 Å². The molecular weight excluding hydrogens is 236 g/mol. The van der Waals surface area contributed by atoms with Gasteiger partial charge in [-0.05, 0) is 31.2 Å². The molecule has 0 aromatic rings. The first-order valence-corrected chi connectivity index (χ1v) is 8.17. The van der Waals surface area contributed by atoms with Crippen molar-refractivity contribution in [1.82, 2.24) is 10.2 Å². The van der Waals surface area contributed by atoms with E-state index in [2.05, 4.69) is 37.9 Å². The summed E-state index contributed by atoms with van der Waals surface area (Å²) >= 11 is 0. The molecule has 2 aliphatic rings. The fraction of sp³-hybridized carbons (Fsp3) is 1.00. The molecule has 0 aromatic heterocycles. The third kappa shape index (κ3) is 3.50. The van der Waals surface area contributed by atoms with Gasteiger partial charge in [-0.1, -0.05) is 34.1 Å². The molecule has 2 rings (SSSR count). The van der Waals surface area contributed by atoms with Crippen LogP contribution in [-0.4, -0.2) is 49.3 Å². The van der Waals surface area contributed by atoms with Crippen molar-refractivity contribution >= 4 is 0 Å². The van der Waals surface area contributed by atoms with E-state index >= 15 is 0 Å². The van der Waals surface area contributed by atoms with Crippen molar-refractivity contribution in [3.63, 3.8) is 0 Å². The van der Waals surface area contributed by atoms with E-state index in [1.54, 1.807) is 0 Å². The quantitative estimate of drug-likeness (QED) is 0.848. The van der Waals surface area contributed by atoms with Gasteiger partial charge in [0.15, 0.2) is 0 Å². The molecule has 1 saturated heterocycles. The summed E-state index contributed by atoms with van der Waals surface area (Å²) < 4.78 is 5.83. The molecule has 0 bridgehead atoms. The van der Waals surface area contributed by atoms with Crippen LogP contribution in [-0.2, 0) is 4.74 Å². The molecule has 112 valence electrons. The molecule has 1 saturated carbocycles. The highest BCUT2D eigenvalue weighted by atomic mass is 16.5. The number of hydrogen-bond donors (Lipinski definition) is 1. The summed E-state index contributed by atoms with van der Waals surface area (Å²) in [7, 11) is 0. The molecule has 3 nitrogen and oxygen atoms in total.